The van der Waals surface area contributed by atoms with E-state index < -0.39 is 5.97 Å². The predicted molar refractivity (Wildman–Crippen MR) is 95.3 cm³/mol. The molecule has 4 rings (SSSR count). The maximum atomic E-state index is 11.1. The molecule has 2 aromatic carbocycles. The Bertz CT molecular complexity index is 776. The number of hydrogen-bond donors (Lipinski definition) is 1. The first kappa shape index (κ1) is 16.2. The van der Waals surface area contributed by atoms with Crippen molar-refractivity contribution in [2.75, 3.05) is 13.1 Å². The molecule has 1 saturated carbocycles. The van der Waals surface area contributed by atoms with Crippen LogP contribution in [0.1, 0.15) is 16.7 Å². The Morgan fingerprint density at radius 3 is 2.40 bits per heavy atom. The third kappa shape index (κ3) is 3.27. The van der Waals surface area contributed by atoms with Crippen LogP contribution in [0.5, 0.6) is 5.75 Å². The van der Waals surface area contributed by atoms with Crippen LogP contribution in [0.3, 0.4) is 0 Å². The van der Waals surface area contributed by atoms with Gasteiger partial charge in [-0.1, -0.05) is 42.5 Å². The summed E-state index contributed by atoms with van der Waals surface area (Å²) in [5.41, 5.74) is 3.60. The van der Waals surface area contributed by atoms with Gasteiger partial charge in [0.25, 0.3) is 0 Å². The van der Waals surface area contributed by atoms with Crippen LogP contribution in [0.2, 0.25) is 0 Å². The van der Waals surface area contributed by atoms with Crippen LogP contribution in [-0.2, 0) is 17.9 Å². The highest BCUT2D eigenvalue weighted by Crippen LogP contribution is 2.52. The smallest absolute Gasteiger partial charge is 0.307 e. The molecule has 1 N–H and O–H groups in total. The van der Waals surface area contributed by atoms with Crippen LogP contribution in [0.25, 0.3) is 0 Å². The zero-order valence-corrected chi connectivity index (χ0v) is 14.4. The second kappa shape index (κ2) is 6.52. The molecule has 130 valence electrons. The lowest BCUT2D eigenvalue weighted by molar-refractivity contribution is -0.139. The number of carboxylic acid groups (broad SMARTS) is 1. The fourth-order valence-electron chi connectivity index (χ4n) is 4.05. The molecular weight excluding hydrogens is 314 g/mol. The Morgan fingerprint density at radius 1 is 1.08 bits per heavy atom. The van der Waals surface area contributed by atoms with Gasteiger partial charge in [-0.3, -0.25) is 9.69 Å². The molecule has 0 amide bonds. The van der Waals surface area contributed by atoms with Crippen molar-refractivity contribution in [1.82, 2.24) is 4.90 Å². The Labute approximate surface area is 148 Å². The number of rotatable bonds is 6. The average Bonchev–Trinajstić information content (AvgIpc) is 3.12. The summed E-state index contributed by atoms with van der Waals surface area (Å²) in [4.78, 5) is 13.5. The summed E-state index contributed by atoms with van der Waals surface area (Å²) >= 11 is 0. The molecule has 1 unspecified atom stereocenters. The van der Waals surface area contributed by atoms with Crippen molar-refractivity contribution >= 4 is 5.97 Å². The van der Waals surface area contributed by atoms with Crippen molar-refractivity contribution < 1.29 is 14.6 Å². The Kier molecular flexibility index (Phi) is 4.22. The highest BCUT2D eigenvalue weighted by Gasteiger charge is 2.59. The van der Waals surface area contributed by atoms with Crippen molar-refractivity contribution in [2.24, 2.45) is 17.8 Å². The van der Waals surface area contributed by atoms with Gasteiger partial charge >= 0.3 is 5.97 Å². The number of carboxylic acids is 1. The lowest BCUT2D eigenvalue weighted by Crippen LogP contribution is -2.26. The van der Waals surface area contributed by atoms with E-state index in [0.717, 1.165) is 25.4 Å². The predicted octanol–water partition coefficient (Wildman–Crippen LogP) is 3.34. The SMILES string of the molecule is Cc1ccccc1COc1ccccc1CN1C[C@@H]2C(C(=O)O)[C@@H]2C1. The van der Waals surface area contributed by atoms with Gasteiger partial charge < -0.3 is 9.84 Å². The molecule has 3 atom stereocenters. The Hall–Kier alpha value is -2.33. The summed E-state index contributed by atoms with van der Waals surface area (Å²) in [5, 5.41) is 9.14. The molecule has 1 saturated heterocycles. The molecule has 1 aliphatic carbocycles. The average molecular weight is 337 g/mol. The van der Waals surface area contributed by atoms with Gasteiger partial charge in [-0.05, 0) is 36.0 Å². The molecule has 0 spiro atoms. The minimum Gasteiger partial charge on any atom is -0.489 e. The Balaban J connectivity index is 1.39. The molecule has 2 aromatic rings. The zero-order chi connectivity index (χ0) is 17.4. The van der Waals surface area contributed by atoms with Crippen LogP contribution in [0, 0.1) is 24.7 Å². The van der Waals surface area contributed by atoms with Gasteiger partial charge in [0.05, 0.1) is 5.92 Å². The van der Waals surface area contributed by atoms with E-state index in [1.54, 1.807) is 0 Å². The fraction of sp³-hybridized carbons (Fsp3) is 0.381. The number of aryl methyl sites for hydroxylation is 1. The van der Waals surface area contributed by atoms with E-state index in [-0.39, 0.29) is 5.92 Å². The highest BCUT2D eigenvalue weighted by molar-refractivity contribution is 5.74. The number of likely N-dealkylation sites (tertiary alicyclic amines) is 1. The number of ether oxygens (including phenoxy) is 1. The minimum absolute atomic E-state index is 0.108. The van der Waals surface area contributed by atoms with E-state index in [4.69, 9.17) is 9.84 Å². The largest absolute Gasteiger partial charge is 0.489 e. The lowest BCUT2D eigenvalue weighted by atomic mass is 10.1. The van der Waals surface area contributed by atoms with E-state index in [0.29, 0.717) is 18.4 Å². The van der Waals surface area contributed by atoms with Crippen LogP contribution < -0.4 is 4.74 Å². The molecule has 25 heavy (non-hydrogen) atoms. The summed E-state index contributed by atoms with van der Waals surface area (Å²) in [7, 11) is 0. The van der Waals surface area contributed by atoms with E-state index >= 15 is 0 Å². The van der Waals surface area contributed by atoms with Crippen molar-refractivity contribution in [3.8, 4) is 5.75 Å². The number of nitrogens with zero attached hydrogens (tertiary/aromatic N) is 1. The summed E-state index contributed by atoms with van der Waals surface area (Å²) in [6, 6.07) is 16.4. The summed E-state index contributed by atoms with van der Waals surface area (Å²) in [6.45, 7) is 5.25. The zero-order valence-electron chi connectivity index (χ0n) is 14.4. The number of para-hydroxylation sites is 1. The summed E-state index contributed by atoms with van der Waals surface area (Å²) in [6.07, 6.45) is 0. The van der Waals surface area contributed by atoms with Gasteiger partial charge in [0.15, 0.2) is 0 Å². The number of aliphatic carboxylic acids is 1. The van der Waals surface area contributed by atoms with Gasteiger partial charge in [-0.15, -0.1) is 0 Å². The molecule has 0 radical (unpaired) electrons. The van der Waals surface area contributed by atoms with Gasteiger partial charge in [0.1, 0.15) is 12.4 Å². The van der Waals surface area contributed by atoms with E-state index in [1.165, 1.54) is 16.7 Å². The molecule has 1 heterocycles. The third-order valence-corrected chi connectivity index (χ3v) is 5.57. The number of carbonyl (C=O) groups is 1. The van der Waals surface area contributed by atoms with Crippen molar-refractivity contribution in [3.05, 3.63) is 65.2 Å². The number of hydrogen-bond acceptors (Lipinski definition) is 3. The normalized spacial score (nSPS) is 24.8. The van der Waals surface area contributed by atoms with E-state index in [9.17, 15) is 4.79 Å². The topological polar surface area (TPSA) is 49.8 Å². The molecular formula is C21H23NO3. The molecule has 0 aromatic heterocycles. The summed E-state index contributed by atoms with van der Waals surface area (Å²) < 4.78 is 6.09. The second-order valence-electron chi connectivity index (χ2n) is 7.21. The molecule has 4 nitrogen and oxygen atoms in total. The van der Waals surface area contributed by atoms with Gasteiger partial charge in [-0.25, -0.2) is 0 Å². The van der Waals surface area contributed by atoms with Crippen LogP contribution >= 0.6 is 0 Å². The number of benzene rings is 2. The molecule has 0 bridgehead atoms. The van der Waals surface area contributed by atoms with Crippen molar-refractivity contribution in [1.29, 1.82) is 0 Å². The van der Waals surface area contributed by atoms with Gasteiger partial charge in [0.2, 0.25) is 0 Å². The first-order valence-electron chi connectivity index (χ1n) is 8.84. The molecule has 2 fully saturated rings. The quantitative estimate of drug-likeness (QED) is 0.878. The molecule has 4 heteroatoms. The molecule has 1 aliphatic heterocycles. The monoisotopic (exact) mass is 337 g/mol. The second-order valence-corrected chi connectivity index (χ2v) is 7.21. The highest BCUT2D eigenvalue weighted by atomic mass is 16.5. The lowest BCUT2D eigenvalue weighted by Gasteiger charge is -2.20. The van der Waals surface area contributed by atoms with Crippen molar-refractivity contribution in [3.63, 3.8) is 0 Å². The maximum absolute atomic E-state index is 11.1. The van der Waals surface area contributed by atoms with E-state index in [1.807, 2.05) is 30.3 Å². The Morgan fingerprint density at radius 2 is 1.72 bits per heavy atom. The van der Waals surface area contributed by atoms with Gasteiger partial charge in [-0.2, -0.15) is 0 Å². The standard InChI is InChI=1S/C21H23NO3/c1-14-6-2-3-8-16(14)13-25-19-9-5-4-7-15(19)10-22-11-17-18(12-22)20(17)21(23)24/h2-9,17-18,20H,10-13H2,1H3,(H,23,24)/t17-,18+,20?. The first-order chi connectivity index (χ1) is 12.1. The number of piperidine rings is 1. The van der Waals surface area contributed by atoms with E-state index in [2.05, 4.69) is 30.0 Å². The maximum Gasteiger partial charge on any atom is 0.307 e. The van der Waals surface area contributed by atoms with Crippen LogP contribution in [0.15, 0.2) is 48.5 Å². The number of fused-ring (bicyclic) bond motifs is 1. The van der Waals surface area contributed by atoms with Crippen LogP contribution in [-0.4, -0.2) is 29.1 Å². The van der Waals surface area contributed by atoms with Crippen molar-refractivity contribution in [2.45, 2.75) is 20.1 Å². The van der Waals surface area contributed by atoms with Gasteiger partial charge in [0, 0.05) is 25.2 Å². The third-order valence-electron chi connectivity index (χ3n) is 5.57. The molecule has 2 aliphatic rings. The summed E-state index contributed by atoms with van der Waals surface area (Å²) in [5.74, 6) is 0.872. The minimum atomic E-state index is -0.628. The first-order valence-corrected chi connectivity index (χ1v) is 8.84. The van der Waals surface area contributed by atoms with Crippen LogP contribution in [0.4, 0.5) is 0 Å². The fourth-order valence-corrected chi connectivity index (χ4v) is 4.05.